The molecule has 1 fully saturated rings. The maximum atomic E-state index is 14.2. The minimum absolute atomic E-state index is 0.0981. The van der Waals surface area contributed by atoms with E-state index in [1.54, 1.807) is 0 Å². The van der Waals surface area contributed by atoms with E-state index in [1.165, 1.54) is 42.6 Å². The number of anilines is 1. The third-order valence-electron chi connectivity index (χ3n) is 5.69. The SMILES string of the molecule is O=C(Nc1ccc(C(=O)c2ccc(F)cc2)cn1)N[C@@H]1[C@@H]2COc3c(F)ccc(F)c3[C@@H]21. The molecular weight excluding hydrogens is 423 g/mol. The first kappa shape index (κ1) is 20.0. The van der Waals surface area contributed by atoms with Crippen LogP contribution in [0.1, 0.15) is 27.4 Å². The quantitative estimate of drug-likeness (QED) is 0.602. The molecule has 0 bridgehead atoms. The maximum absolute atomic E-state index is 14.2. The number of hydrogen-bond donors (Lipinski definition) is 2. The summed E-state index contributed by atoms with van der Waals surface area (Å²) in [5.74, 6) is -2.36. The summed E-state index contributed by atoms with van der Waals surface area (Å²) in [6.07, 6.45) is 1.31. The molecule has 5 rings (SSSR count). The molecule has 0 saturated heterocycles. The summed E-state index contributed by atoms with van der Waals surface area (Å²) in [4.78, 5) is 28.8. The van der Waals surface area contributed by atoms with E-state index >= 15 is 0 Å². The van der Waals surface area contributed by atoms with E-state index in [-0.39, 0.29) is 46.9 Å². The first-order valence-electron chi connectivity index (χ1n) is 9.87. The number of rotatable bonds is 4. The Bertz CT molecular complexity index is 1220. The number of hydrogen-bond acceptors (Lipinski definition) is 4. The third kappa shape index (κ3) is 3.55. The van der Waals surface area contributed by atoms with Crippen molar-refractivity contribution in [2.24, 2.45) is 5.92 Å². The van der Waals surface area contributed by atoms with Gasteiger partial charge in [-0.3, -0.25) is 10.1 Å². The number of nitrogens with one attached hydrogen (secondary N) is 2. The van der Waals surface area contributed by atoms with Gasteiger partial charge in [-0.1, -0.05) is 0 Å². The number of carbonyl (C=O) groups is 2. The lowest BCUT2D eigenvalue weighted by molar-refractivity contribution is 0.103. The largest absolute Gasteiger partial charge is 0.490 e. The van der Waals surface area contributed by atoms with Crippen molar-refractivity contribution in [1.29, 1.82) is 0 Å². The van der Waals surface area contributed by atoms with Gasteiger partial charge in [0.05, 0.1) is 6.61 Å². The van der Waals surface area contributed by atoms with E-state index in [0.717, 1.165) is 12.1 Å². The van der Waals surface area contributed by atoms with Crippen molar-refractivity contribution in [3.63, 3.8) is 0 Å². The molecule has 9 heteroatoms. The molecule has 1 aliphatic heterocycles. The second-order valence-corrected chi connectivity index (χ2v) is 7.67. The summed E-state index contributed by atoms with van der Waals surface area (Å²) in [6, 6.07) is 9.21. The Morgan fingerprint density at radius 3 is 2.38 bits per heavy atom. The molecule has 2 amide bonds. The number of fused-ring (bicyclic) bond motifs is 3. The molecule has 32 heavy (non-hydrogen) atoms. The lowest BCUT2D eigenvalue weighted by Crippen LogP contribution is -2.32. The molecular formula is C23H16F3N3O3. The fourth-order valence-electron chi connectivity index (χ4n) is 4.03. The predicted octanol–water partition coefficient (Wildman–Crippen LogP) is 4.03. The summed E-state index contributed by atoms with van der Waals surface area (Å²) in [6.45, 7) is 0.182. The lowest BCUT2D eigenvalue weighted by Gasteiger charge is -2.16. The van der Waals surface area contributed by atoms with Crippen LogP contribution < -0.4 is 15.4 Å². The van der Waals surface area contributed by atoms with Crippen molar-refractivity contribution in [3.05, 3.63) is 88.9 Å². The van der Waals surface area contributed by atoms with Crippen LogP contribution >= 0.6 is 0 Å². The number of ketones is 1. The van der Waals surface area contributed by atoms with Gasteiger partial charge in [0.15, 0.2) is 17.3 Å². The second-order valence-electron chi connectivity index (χ2n) is 7.67. The van der Waals surface area contributed by atoms with Crippen LogP contribution in [0.25, 0.3) is 0 Å². The summed E-state index contributed by atoms with van der Waals surface area (Å²) in [5.41, 5.74) is 0.740. The van der Waals surface area contributed by atoms with Gasteiger partial charge in [0.25, 0.3) is 0 Å². The third-order valence-corrected chi connectivity index (χ3v) is 5.69. The van der Waals surface area contributed by atoms with Crippen LogP contribution in [-0.4, -0.2) is 29.4 Å². The molecule has 3 aromatic rings. The van der Waals surface area contributed by atoms with Gasteiger partial charge in [-0.2, -0.15) is 0 Å². The number of amides is 2. The van der Waals surface area contributed by atoms with E-state index in [2.05, 4.69) is 15.6 Å². The molecule has 0 radical (unpaired) electrons. The van der Waals surface area contributed by atoms with E-state index in [0.29, 0.717) is 5.56 Å². The van der Waals surface area contributed by atoms with Gasteiger partial charge in [-0.05, 0) is 48.5 Å². The zero-order valence-corrected chi connectivity index (χ0v) is 16.4. The molecule has 1 aromatic heterocycles. The van der Waals surface area contributed by atoms with Crippen LogP contribution in [0.5, 0.6) is 5.75 Å². The van der Waals surface area contributed by atoms with Crippen LogP contribution in [0.4, 0.5) is 23.8 Å². The number of ether oxygens (including phenoxy) is 1. The Morgan fingerprint density at radius 1 is 0.938 bits per heavy atom. The van der Waals surface area contributed by atoms with Gasteiger partial charge >= 0.3 is 6.03 Å². The van der Waals surface area contributed by atoms with Crippen LogP contribution in [0.2, 0.25) is 0 Å². The molecule has 1 aliphatic carbocycles. The van der Waals surface area contributed by atoms with Gasteiger partial charge in [-0.15, -0.1) is 0 Å². The Balaban J connectivity index is 1.22. The minimum Gasteiger partial charge on any atom is -0.490 e. The zero-order chi connectivity index (χ0) is 22.4. The monoisotopic (exact) mass is 439 g/mol. The normalized spacial score (nSPS) is 20.4. The fourth-order valence-corrected chi connectivity index (χ4v) is 4.03. The van der Waals surface area contributed by atoms with Crippen molar-refractivity contribution >= 4 is 17.6 Å². The molecule has 2 N–H and O–H groups in total. The van der Waals surface area contributed by atoms with Gasteiger partial charge in [0.1, 0.15) is 17.5 Å². The highest BCUT2D eigenvalue weighted by molar-refractivity contribution is 6.08. The molecule has 1 saturated carbocycles. The number of carbonyl (C=O) groups excluding carboxylic acids is 2. The smallest absolute Gasteiger partial charge is 0.320 e. The van der Waals surface area contributed by atoms with Gasteiger partial charge in [0, 0.05) is 40.8 Å². The standard InChI is InChI=1S/C23H16F3N3O3/c24-13-4-1-11(2-5-13)21(30)12-3-8-17(27-9-12)28-23(31)29-20-14-10-32-22-16(26)7-6-15(25)19(22)18(14)20/h1-9,14,18,20H,10H2,(H2,27,28,29,31)/t14-,18-,20-/m1/s1. The second kappa shape index (κ2) is 7.67. The topological polar surface area (TPSA) is 80.3 Å². The molecule has 2 aromatic carbocycles. The van der Waals surface area contributed by atoms with Crippen LogP contribution in [-0.2, 0) is 0 Å². The van der Waals surface area contributed by atoms with Crippen LogP contribution in [0.15, 0.2) is 54.7 Å². The molecule has 2 heterocycles. The molecule has 0 unspecified atom stereocenters. The molecule has 162 valence electrons. The number of aromatic nitrogens is 1. The fraction of sp³-hybridized carbons (Fsp3) is 0.174. The average Bonchev–Trinajstić information content (AvgIpc) is 3.49. The first-order valence-corrected chi connectivity index (χ1v) is 9.87. The van der Waals surface area contributed by atoms with Crippen molar-refractivity contribution in [2.75, 3.05) is 11.9 Å². The predicted molar refractivity (Wildman–Crippen MR) is 108 cm³/mol. The number of urea groups is 1. The highest BCUT2D eigenvalue weighted by atomic mass is 19.1. The van der Waals surface area contributed by atoms with Crippen molar-refractivity contribution in [1.82, 2.24) is 10.3 Å². The van der Waals surface area contributed by atoms with Gasteiger partial charge in [-0.25, -0.2) is 22.9 Å². The number of pyridine rings is 1. The number of nitrogens with zero attached hydrogens (tertiary/aromatic N) is 1. The maximum Gasteiger partial charge on any atom is 0.320 e. The molecule has 6 nitrogen and oxygen atoms in total. The van der Waals surface area contributed by atoms with Gasteiger partial charge in [0.2, 0.25) is 0 Å². The highest BCUT2D eigenvalue weighted by Gasteiger charge is 2.57. The summed E-state index contributed by atoms with van der Waals surface area (Å²) in [5, 5.41) is 5.29. The minimum atomic E-state index is -0.630. The van der Waals surface area contributed by atoms with E-state index in [4.69, 9.17) is 4.74 Å². The number of benzene rings is 2. The van der Waals surface area contributed by atoms with E-state index in [1.807, 2.05) is 0 Å². The van der Waals surface area contributed by atoms with Gasteiger partial charge < -0.3 is 10.1 Å². The van der Waals surface area contributed by atoms with Crippen LogP contribution in [0.3, 0.4) is 0 Å². The zero-order valence-electron chi connectivity index (χ0n) is 16.4. The average molecular weight is 439 g/mol. The molecule has 0 spiro atoms. The summed E-state index contributed by atoms with van der Waals surface area (Å²) in [7, 11) is 0. The highest BCUT2D eigenvalue weighted by Crippen LogP contribution is 2.55. The van der Waals surface area contributed by atoms with Crippen LogP contribution in [0, 0.1) is 23.4 Å². The Kier molecular flexibility index (Phi) is 4.80. The van der Waals surface area contributed by atoms with Crippen molar-refractivity contribution < 1.29 is 27.5 Å². The Labute approximate surface area is 180 Å². The van der Waals surface area contributed by atoms with Crippen molar-refractivity contribution in [3.8, 4) is 5.75 Å². The Morgan fingerprint density at radius 2 is 1.66 bits per heavy atom. The molecule has 2 aliphatic rings. The summed E-state index contributed by atoms with van der Waals surface area (Å²) < 4.78 is 46.5. The van der Waals surface area contributed by atoms with E-state index < -0.39 is 29.5 Å². The number of halogens is 3. The summed E-state index contributed by atoms with van der Waals surface area (Å²) >= 11 is 0. The first-order chi connectivity index (χ1) is 15.4. The lowest BCUT2D eigenvalue weighted by atomic mass is 10.0. The molecule has 3 atom stereocenters. The Hall–Kier alpha value is -3.88. The van der Waals surface area contributed by atoms with E-state index in [9.17, 15) is 22.8 Å². The van der Waals surface area contributed by atoms with Crippen molar-refractivity contribution in [2.45, 2.75) is 12.0 Å².